The molecule has 1 aromatic carbocycles. The SMILES string of the molecule is Cc1ccc(NC(=O)N2CC[C@@H](CC(F)(F)F)C2)cc1-c1cc(NC(C)C)nc(N2CCOCC2)c1. The fourth-order valence-electron chi connectivity index (χ4n) is 4.72. The molecular formula is C26H34F3N5O2. The number of hydrogen-bond donors (Lipinski definition) is 2. The Labute approximate surface area is 210 Å². The standard InChI is InChI=1S/C26H34F3N5O2/c1-17(2)30-23-12-20(13-24(32-23)33-8-10-36-11-9-33)22-14-21(5-4-18(22)3)31-25(35)34-7-6-19(16-34)15-26(27,28)29/h4-5,12-14,17,19H,6-11,15-16H2,1-3H3,(H,30,32)(H,31,35)/t19-/m0/s1. The second-order valence-electron chi connectivity index (χ2n) is 9.88. The first kappa shape index (κ1) is 26.1. The van der Waals surface area contributed by atoms with Crippen molar-refractivity contribution >= 4 is 23.4 Å². The Balaban J connectivity index is 1.55. The number of alkyl halides is 3. The molecule has 2 aliphatic rings. The number of rotatable bonds is 6. The summed E-state index contributed by atoms with van der Waals surface area (Å²) in [6.45, 7) is 9.39. The zero-order valence-electron chi connectivity index (χ0n) is 21.0. The molecule has 2 N–H and O–H groups in total. The van der Waals surface area contributed by atoms with Gasteiger partial charge >= 0.3 is 12.2 Å². The highest BCUT2D eigenvalue weighted by atomic mass is 19.4. The monoisotopic (exact) mass is 505 g/mol. The number of nitrogens with zero attached hydrogens (tertiary/aromatic N) is 3. The Morgan fingerprint density at radius 1 is 1.17 bits per heavy atom. The zero-order chi connectivity index (χ0) is 25.9. The molecule has 0 aliphatic carbocycles. The maximum atomic E-state index is 12.8. The topological polar surface area (TPSA) is 69.7 Å². The maximum Gasteiger partial charge on any atom is 0.389 e. The molecule has 2 aromatic rings. The summed E-state index contributed by atoms with van der Waals surface area (Å²) in [7, 11) is 0. The number of anilines is 3. The lowest BCUT2D eigenvalue weighted by molar-refractivity contribution is -0.143. The number of amides is 2. The van der Waals surface area contributed by atoms with Gasteiger partial charge in [0.15, 0.2) is 0 Å². The first-order chi connectivity index (χ1) is 17.1. The molecule has 2 saturated heterocycles. The lowest BCUT2D eigenvalue weighted by atomic mass is 10.00. The lowest BCUT2D eigenvalue weighted by Gasteiger charge is -2.29. The Morgan fingerprint density at radius 2 is 1.92 bits per heavy atom. The third kappa shape index (κ3) is 6.81. The Bertz CT molecular complexity index is 1070. The van der Waals surface area contributed by atoms with E-state index >= 15 is 0 Å². The van der Waals surface area contributed by atoms with Crippen LogP contribution in [0, 0.1) is 12.8 Å². The van der Waals surface area contributed by atoms with Crippen LogP contribution in [0.3, 0.4) is 0 Å². The van der Waals surface area contributed by atoms with Crippen molar-refractivity contribution in [1.29, 1.82) is 0 Å². The van der Waals surface area contributed by atoms with Gasteiger partial charge < -0.3 is 25.2 Å². The third-order valence-electron chi connectivity index (χ3n) is 6.48. The van der Waals surface area contributed by atoms with E-state index in [-0.39, 0.29) is 18.6 Å². The summed E-state index contributed by atoms with van der Waals surface area (Å²) in [4.78, 5) is 21.3. The molecule has 0 unspecified atom stereocenters. The summed E-state index contributed by atoms with van der Waals surface area (Å²) in [5, 5.41) is 6.27. The van der Waals surface area contributed by atoms with Crippen molar-refractivity contribution in [1.82, 2.24) is 9.88 Å². The number of aryl methyl sites for hydroxylation is 1. The van der Waals surface area contributed by atoms with Gasteiger partial charge in [0.25, 0.3) is 0 Å². The smallest absolute Gasteiger partial charge is 0.378 e. The summed E-state index contributed by atoms with van der Waals surface area (Å²) in [5.41, 5.74) is 3.56. The Morgan fingerprint density at radius 3 is 2.61 bits per heavy atom. The van der Waals surface area contributed by atoms with Gasteiger partial charge in [-0.15, -0.1) is 0 Å². The summed E-state index contributed by atoms with van der Waals surface area (Å²) in [6.07, 6.45) is -4.71. The van der Waals surface area contributed by atoms with E-state index in [0.717, 1.165) is 41.4 Å². The Kier molecular flexibility index (Phi) is 7.92. The van der Waals surface area contributed by atoms with Gasteiger partial charge in [0.2, 0.25) is 0 Å². The van der Waals surface area contributed by atoms with Crippen molar-refractivity contribution in [2.45, 2.75) is 45.8 Å². The van der Waals surface area contributed by atoms with Gasteiger partial charge in [0.05, 0.1) is 13.2 Å². The number of ether oxygens (including phenoxy) is 1. The number of halogens is 3. The van der Waals surface area contributed by atoms with Crippen molar-refractivity contribution < 1.29 is 22.7 Å². The maximum absolute atomic E-state index is 12.8. The minimum Gasteiger partial charge on any atom is -0.378 e. The van der Waals surface area contributed by atoms with Crippen LogP contribution < -0.4 is 15.5 Å². The van der Waals surface area contributed by atoms with Gasteiger partial charge in [-0.1, -0.05) is 6.07 Å². The molecule has 1 atom stereocenters. The molecule has 2 fully saturated rings. The van der Waals surface area contributed by atoms with E-state index in [1.807, 2.05) is 37.3 Å². The summed E-state index contributed by atoms with van der Waals surface area (Å²) in [5.74, 6) is 1.08. The van der Waals surface area contributed by atoms with Crippen molar-refractivity contribution in [2.24, 2.45) is 5.92 Å². The van der Waals surface area contributed by atoms with Gasteiger partial charge in [-0.25, -0.2) is 9.78 Å². The van der Waals surface area contributed by atoms with Crippen LogP contribution in [0.4, 0.5) is 35.3 Å². The van der Waals surface area contributed by atoms with Gasteiger partial charge in [-0.05, 0) is 74.1 Å². The zero-order valence-corrected chi connectivity index (χ0v) is 21.0. The molecule has 0 spiro atoms. The van der Waals surface area contributed by atoms with E-state index in [0.29, 0.717) is 31.9 Å². The predicted molar refractivity (Wildman–Crippen MR) is 136 cm³/mol. The number of urea groups is 1. The normalized spacial score (nSPS) is 18.6. The molecule has 196 valence electrons. The summed E-state index contributed by atoms with van der Waals surface area (Å²) >= 11 is 0. The van der Waals surface area contributed by atoms with Gasteiger partial charge in [0, 0.05) is 44.3 Å². The Hall–Kier alpha value is -3.01. The fourth-order valence-corrected chi connectivity index (χ4v) is 4.72. The number of morpholine rings is 1. The number of benzene rings is 1. The highest BCUT2D eigenvalue weighted by Crippen LogP contribution is 2.33. The molecule has 10 heteroatoms. The second-order valence-corrected chi connectivity index (χ2v) is 9.88. The molecule has 0 saturated carbocycles. The minimum absolute atomic E-state index is 0.113. The number of aromatic nitrogens is 1. The molecule has 2 amide bonds. The number of likely N-dealkylation sites (tertiary alicyclic amines) is 1. The predicted octanol–water partition coefficient (Wildman–Crippen LogP) is 5.52. The quantitative estimate of drug-likeness (QED) is 0.541. The number of pyridine rings is 1. The lowest BCUT2D eigenvalue weighted by Crippen LogP contribution is -2.36. The first-order valence-electron chi connectivity index (χ1n) is 12.4. The van der Waals surface area contributed by atoms with E-state index in [4.69, 9.17) is 9.72 Å². The van der Waals surface area contributed by atoms with E-state index in [1.54, 1.807) is 0 Å². The van der Waals surface area contributed by atoms with Crippen molar-refractivity contribution in [3.8, 4) is 11.1 Å². The molecule has 4 rings (SSSR count). The fraction of sp³-hybridized carbons (Fsp3) is 0.538. The van der Waals surface area contributed by atoms with Crippen LogP contribution in [-0.2, 0) is 4.74 Å². The van der Waals surface area contributed by atoms with Crippen LogP contribution in [0.2, 0.25) is 0 Å². The van der Waals surface area contributed by atoms with E-state index < -0.39 is 18.5 Å². The van der Waals surface area contributed by atoms with Crippen LogP contribution in [-0.4, -0.2) is 67.5 Å². The van der Waals surface area contributed by atoms with E-state index in [9.17, 15) is 18.0 Å². The molecule has 2 aliphatic heterocycles. The third-order valence-corrected chi connectivity index (χ3v) is 6.48. The average Bonchev–Trinajstić information content (AvgIpc) is 3.27. The molecule has 36 heavy (non-hydrogen) atoms. The van der Waals surface area contributed by atoms with Crippen molar-refractivity contribution in [2.75, 3.05) is 54.9 Å². The summed E-state index contributed by atoms with van der Waals surface area (Å²) < 4.78 is 43.7. The second kappa shape index (κ2) is 10.9. The van der Waals surface area contributed by atoms with Crippen LogP contribution in [0.5, 0.6) is 0 Å². The molecule has 1 aromatic heterocycles. The van der Waals surface area contributed by atoms with Crippen LogP contribution in [0.1, 0.15) is 32.3 Å². The van der Waals surface area contributed by atoms with Crippen molar-refractivity contribution in [3.63, 3.8) is 0 Å². The average molecular weight is 506 g/mol. The molecule has 3 heterocycles. The molecular weight excluding hydrogens is 471 g/mol. The summed E-state index contributed by atoms with van der Waals surface area (Å²) in [6, 6.07) is 9.54. The highest BCUT2D eigenvalue weighted by molar-refractivity contribution is 5.91. The number of hydrogen-bond acceptors (Lipinski definition) is 5. The number of nitrogens with one attached hydrogen (secondary N) is 2. The molecule has 0 bridgehead atoms. The van der Waals surface area contributed by atoms with Crippen LogP contribution in [0.15, 0.2) is 30.3 Å². The molecule has 7 nitrogen and oxygen atoms in total. The minimum atomic E-state index is -4.21. The van der Waals surface area contributed by atoms with Crippen LogP contribution >= 0.6 is 0 Å². The first-order valence-corrected chi connectivity index (χ1v) is 12.4. The highest BCUT2D eigenvalue weighted by Gasteiger charge is 2.36. The number of carbonyl (C=O) groups excluding carboxylic acids is 1. The van der Waals surface area contributed by atoms with Gasteiger partial charge in [-0.2, -0.15) is 13.2 Å². The van der Waals surface area contributed by atoms with E-state index in [1.165, 1.54) is 4.90 Å². The van der Waals surface area contributed by atoms with E-state index in [2.05, 4.69) is 29.4 Å². The van der Waals surface area contributed by atoms with Crippen LogP contribution in [0.25, 0.3) is 11.1 Å². The largest absolute Gasteiger partial charge is 0.389 e. The van der Waals surface area contributed by atoms with Gasteiger partial charge in [-0.3, -0.25) is 0 Å². The van der Waals surface area contributed by atoms with Gasteiger partial charge in [0.1, 0.15) is 11.6 Å². The van der Waals surface area contributed by atoms with Crippen molar-refractivity contribution in [3.05, 3.63) is 35.9 Å². The molecule has 0 radical (unpaired) electrons. The number of carbonyl (C=O) groups is 1.